The maximum absolute atomic E-state index is 13.2. The highest BCUT2D eigenvalue weighted by atomic mass is 32.2. The average molecular weight is 423 g/mol. The van der Waals surface area contributed by atoms with Crippen LogP contribution in [0.4, 0.5) is 24.5 Å². The zero-order chi connectivity index (χ0) is 21.2. The molecular weight excluding hydrogens is 403 g/mol. The minimum Gasteiger partial charge on any atom is -0.355 e. The molecule has 0 spiro atoms. The average Bonchev–Trinajstić information content (AvgIpc) is 2.68. The predicted octanol–water partition coefficient (Wildman–Crippen LogP) is 5.03. The van der Waals surface area contributed by atoms with Crippen LogP contribution in [0.2, 0.25) is 0 Å². The summed E-state index contributed by atoms with van der Waals surface area (Å²) in [5.41, 5.74) is 0.0407. The summed E-state index contributed by atoms with van der Waals surface area (Å²) in [5.74, 6) is 0. The maximum Gasteiger partial charge on any atom is 0.418 e. The first-order valence-corrected chi connectivity index (χ1v) is 10.4. The van der Waals surface area contributed by atoms with Crippen molar-refractivity contribution in [1.29, 1.82) is 0 Å². The van der Waals surface area contributed by atoms with Gasteiger partial charge in [0.2, 0.25) is 10.0 Å². The van der Waals surface area contributed by atoms with Gasteiger partial charge in [-0.2, -0.15) is 17.5 Å². The van der Waals surface area contributed by atoms with Gasteiger partial charge < -0.3 is 5.32 Å². The lowest BCUT2D eigenvalue weighted by Gasteiger charge is -2.18. The van der Waals surface area contributed by atoms with Crippen LogP contribution in [-0.2, 0) is 16.2 Å². The second-order valence-corrected chi connectivity index (χ2v) is 8.23. The zero-order valence-electron chi connectivity index (χ0n) is 15.9. The Labute approximate surface area is 167 Å². The van der Waals surface area contributed by atoms with Crippen molar-refractivity contribution in [3.63, 3.8) is 0 Å². The number of benzene rings is 2. The molecule has 0 radical (unpaired) electrons. The Morgan fingerprint density at radius 2 is 1.66 bits per heavy atom. The number of alkyl halides is 3. The number of fused-ring (bicyclic) bond motifs is 1. The lowest BCUT2D eigenvalue weighted by atomic mass is 10.1. The highest BCUT2D eigenvalue weighted by Crippen LogP contribution is 2.36. The van der Waals surface area contributed by atoms with E-state index in [1.165, 1.54) is 28.7 Å². The van der Waals surface area contributed by atoms with E-state index in [4.69, 9.17) is 0 Å². The molecule has 0 amide bonds. The maximum atomic E-state index is 13.2. The van der Waals surface area contributed by atoms with Crippen LogP contribution in [0.5, 0.6) is 0 Å². The molecule has 3 rings (SSSR count). The second kappa shape index (κ2) is 8.00. The quantitative estimate of drug-likeness (QED) is 0.604. The van der Waals surface area contributed by atoms with Crippen molar-refractivity contribution in [3.05, 3.63) is 60.3 Å². The van der Waals surface area contributed by atoms with Gasteiger partial charge in [0.1, 0.15) is 0 Å². The van der Waals surface area contributed by atoms with E-state index in [-0.39, 0.29) is 10.4 Å². The molecular formula is C20H20F3N3O2S. The first-order valence-electron chi connectivity index (χ1n) is 9.00. The first-order chi connectivity index (χ1) is 13.7. The van der Waals surface area contributed by atoms with Crippen molar-refractivity contribution in [2.24, 2.45) is 0 Å². The first kappa shape index (κ1) is 21.1. The molecule has 5 nitrogen and oxygen atoms in total. The van der Waals surface area contributed by atoms with Crippen molar-refractivity contribution in [3.8, 4) is 0 Å². The van der Waals surface area contributed by atoms with E-state index in [0.29, 0.717) is 29.9 Å². The molecule has 3 aromatic rings. The number of rotatable bonds is 6. The van der Waals surface area contributed by atoms with Gasteiger partial charge in [0.25, 0.3) is 0 Å². The smallest absolute Gasteiger partial charge is 0.355 e. The van der Waals surface area contributed by atoms with Crippen LogP contribution in [0.25, 0.3) is 10.9 Å². The lowest BCUT2D eigenvalue weighted by Crippen LogP contribution is -2.30. The summed E-state index contributed by atoms with van der Waals surface area (Å²) in [4.78, 5) is 4.05. The van der Waals surface area contributed by atoms with E-state index < -0.39 is 21.8 Å². The van der Waals surface area contributed by atoms with Gasteiger partial charge in [-0.25, -0.2) is 8.42 Å². The third kappa shape index (κ3) is 4.20. The molecule has 0 saturated heterocycles. The minimum absolute atomic E-state index is 0.147. The van der Waals surface area contributed by atoms with Gasteiger partial charge in [0.15, 0.2) is 0 Å². The van der Waals surface area contributed by atoms with E-state index in [2.05, 4.69) is 10.3 Å². The molecule has 0 saturated carbocycles. The van der Waals surface area contributed by atoms with Crippen molar-refractivity contribution in [1.82, 2.24) is 9.29 Å². The minimum atomic E-state index is -4.51. The number of sulfonamides is 1. The number of aromatic nitrogens is 1. The molecule has 0 aliphatic rings. The molecule has 1 heterocycles. The molecule has 9 heteroatoms. The summed E-state index contributed by atoms with van der Waals surface area (Å²) in [6, 6.07) is 11.6. The highest BCUT2D eigenvalue weighted by molar-refractivity contribution is 7.89. The lowest BCUT2D eigenvalue weighted by molar-refractivity contribution is -0.136. The summed E-state index contributed by atoms with van der Waals surface area (Å²) in [6.07, 6.45) is -3.20. The fourth-order valence-electron chi connectivity index (χ4n) is 3.09. The molecule has 0 unspecified atom stereocenters. The van der Waals surface area contributed by atoms with Crippen molar-refractivity contribution >= 4 is 32.3 Å². The van der Waals surface area contributed by atoms with Crippen LogP contribution < -0.4 is 5.32 Å². The van der Waals surface area contributed by atoms with Crippen LogP contribution in [0.1, 0.15) is 19.4 Å². The van der Waals surface area contributed by atoms with E-state index in [1.807, 2.05) is 0 Å². The monoisotopic (exact) mass is 423 g/mol. The van der Waals surface area contributed by atoms with Crippen LogP contribution in [0, 0.1) is 0 Å². The fourth-order valence-corrected chi connectivity index (χ4v) is 4.55. The van der Waals surface area contributed by atoms with E-state index in [9.17, 15) is 21.6 Å². The Bertz CT molecular complexity index is 1110. The van der Waals surface area contributed by atoms with Gasteiger partial charge in [0, 0.05) is 36.0 Å². The molecule has 154 valence electrons. The summed E-state index contributed by atoms with van der Waals surface area (Å²) < 4.78 is 66.2. The van der Waals surface area contributed by atoms with E-state index in [0.717, 1.165) is 6.07 Å². The molecule has 0 fully saturated rings. The van der Waals surface area contributed by atoms with Crippen LogP contribution in [0.3, 0.4) is 0 Å². The summed E-state index contributed by atoms with van der Waals surface area (Å²) in [7, 11) is -3.58. The number of anilines is 2. The van der Waals surface area contributed by atoms with Crippen molar-refractivity contribution in [2.45, 2.75) is 24.9 Å². The summed E-state index contributed by atoms with van der Waals surface area (Å²) in [5, 5.41) is 3.37. The topological polar surface area (TPSA) is 62.3 Å². The fraction of sp³-hybridized carbons (Fsp3) is 0.250. The number of hydrogen-bond acceptors (Lipinski definition) is 4. The third-order valence-corrected chi connectivity index (χ3v) is 6.62. The molecule has 2 aromatic carbocycles. The van der Waals surface area contributed by atoms with E-state index in [1.54, 1.807) is 38.1 Å². The van der Waals surface area contributed by atoms with Crippen molar-refractivity contribution in [2.75, 3.05) is 18.4 Å². The molecule has 29 heavy (non-hydrogen) atoms. The third-order valence-electron chi connectivity index (χ3n) is 4.55. The van der Waals surface area contributed by atoms with Gasteiger partial charge in [-0.05, 0) is 36.4 Å². The Morgan fingerprint density at radius 1 is 1.00 bits per heavy atom. The SMILES string of the molecule is CCN(CC)S(=O)(=O)c1ccc(Nc2ccnc3c(C(F)(F)F)cccc23)cc1. The number of nitrogens with one attached hydrogen (secondary N) is 1. The van der Waals surface area contributed by atoms with Crippen molar-refractivity contribution < 1.29 is 21.6 Å². The normalized spacial score (nSPS) is 12.5. The summed E-state index contributed by atoms with van der Waals surface area (Å²) in [6.45, 7) is 4.26. The Hall–Kier alpha value is -2.65. The van der Waals surface area contributed by atoms with Crippen LogP contribution >= 0.6 is 0 Å². The summed E-state index contributed by atoms with van der Waals surface area (Å²) >= 11 is 0. The van der Waals surface area contributed by atoms with Crippen LogP contribution in [-0.4, -0.2) is 30.8 Å². The van der Waals surface area contributed by atoms with Gasteiger partial charge >= 0.3 is 6.18 Å². The van der Waals surface area contributed by atoms with Gasteiger partial charge in [0.05, 0.1) is 16.0 Å². The number of pyridine rings is 1. The second-order valence-electron chi connectivity index (χ2n) is 6.30. The Kier molecular flexibility index (Phi) is 5.81. The number of hydrogen-bond donors (Lipinski definition) is 1. The van der Waals surface area contributed by atoms with E-state index >= 15 is 0 Å². The van der Waals surface area contributed by atoms with Gasteiger partial charge in [-0.3, -0.25) is 4.98 Å². The standard InChI is InChI=1S/C20H20F3N3O2S/c1-3-26(4-2)29(27,28)15-10-8-14(9-11-15)25-18-12-13-24-19-16(18)6-5-7-17(19)20(21,22)23/h5-13H,3-4H2,1-2H3,(H,24,25). The number of para-hydroxylation sites is 1. The molecule has 0 aliphatic carbocycles. The van der Waals surface area contributed by atoms with Gasteiger partial charge in [-0.1, -0.05) is 26.0 Å². The largest absolute Gasteiger partial charge is 0.418 e. The molecule has 0 bridgehead atoms. The Morgan fingerprint density at radius 3 is 2.24 bits per heavy atom. The zero-order valence-corrected chi connectivity index (χ0v) is 16.7. The molecule has 1 aromatic heterocycles. The van der Waals surface area contributed by atoms with Crippen LogP contribution in [0.15, 0.2) is 59.6 Å². The molecule has 0 atom stereocenters. The molecule has 1 N–H and O–H groups in total. The number of halogens is 3. The van der Waals surface area contributed by atoms with Gasteiger partial charge in [-0.15, -0.1) is 0 Å². The Balaban J connectivity index is 1.95. The number of nitrogens with zero attached hydrogens (tertiary/aromatic N) is 2. The highest BCUT2D eigenvalue weighted by Gasteiger charge is 2.33. The predicted molar refractivity (Wildman–Crippen MR) is 107 cm³/mol. The molecule has 0 aliphatic heterocycles.